The average molecular weight is 241 g/mol. The molecule has 17 heavy (non-hydrogen) atoms. The highest BCUT2D eigenvalue weighted by Crippen LogP contribution is 2.30. The molecule has 0 aromatic heterocycles. The number of aliphatic hydroxyl groups excluding tert-OH is 1. The van der Waals surface area contributed by atoms with Crippen LogP contribution in [0, 0.1) is 5.92 Å². The molecule has 0 bridgehead atoms. The first-order chi connectivity index (χ1) is 8.00. The predicted molar refractivity (Wildman–Crippen MR) is 69.0 cm³/mol. The van der Waals surface area contributed by atoms with E-state index >= 15 is 0 Å². The minimum atomic E-state index is -0.0859. The molecule has 100 valence electrons. The third-order valence-electron chi connectivity index (χ3n) is 4.32. The monoisotopic (exact) mass is 241 g/mol. The summed E-state index contributed by atoms with van der Waals surface area (Å²) in [6.07, 6.45) is 4.67. The van der Waals surface area contributed by atoms with E-state index in [4.69, 9.17) is 4.74 Å². The fraction of sp³-hybridized carbons (Fsp3) is 1.00. The van der Waals surface area contributed by atoms with Gasteiger partial charge in [0.25, 0.3) is 0 Å². The number of ether oxygens (including phenoxy) is 1. The smallest absolute Gasteiger partial charge is 0.0710 e. The van der Waals surface area contributed by atoms with Gasteiger partial charge in [0.15, 0.2) is 0 Å². The molecule has 2 rings (SSSR count). The molecule has 2 saturated heterocycles. The van der Waals surface area contributed by atoms with Gasteiger partial charge in [-0.3, -0.25) is 0 Å². The Labute approximate surface area is 105 Å². The lowest BCUT2D eigenvalue weighted by atomic mass is 9.92. The molecule has 2 fully saturated rings. The maximum Gasteiger partial charge on any atom is 0.0710 e. The van der Waals surface area contributed by atoms with Crippen molar-refractivity contribution in [1.82, 2.24) is 4.90 Å². The van der Waals surface area contributed by atoms with Crippen molar-refractivity contribution in [3.05, 3.63) is 0 Å². The SMILES string of the molecule is CCC1CN(CC2CCC(C)(C)O2)CCC1O. The maximum absolute atomic E-state index is 9.87. The average Bonchev–Trinajstić information content (AvgIpc) is 2.61. The molecular weight excluding hydrogens is 214 g/mol. The second-order valence-corrected chi connectivity index (χ2v) is 6.32. The molecule has 1 N–H and O–H groups in total. The summed E-state index contributed by atoms with van der Waals surface area (Å²) in [6.45, 7) is 9.65. The summed E-state index contributed by atoms with van der Waals surface area (Å²) in [6, 6.07) is 0. The minimum Gasteiger partial charge on any atom is -0.393 e. The van der Waals surface area contributed by atoms with Gasteiger partial charge >= 0.3 is 0 Å². The van der Waals surface area contributed by atoms with E-state index < -0.39 is 0 Å². The molecule has 0 aliphatic carbocycles. The van der Waals surface area contributed by atoms with Gasteiger partial charge < -0.3 is 14.7 Å². The summed E-state index contributed by atoms with van der Waals surface area (Å²) >= 11 is 0. The number of rotatable bonds is 3. The van der Waals surface area contributed by atoms with Crippen LogP contribution in [0.1, 0.15) is 46.5 Å². The molecule has 0 spiro atoms. The largest absolute Gasteiger partial charge is 0.393 e. The molecule has 0 amide bonds. The normalized spacial score (nSPS) is 38.5. The van der Waals surface area contributed by atoms with Gasteiger partial charge in [-0.2, -0.15) is 0 Å². The highest BCUT2D eigenvalue weighted by molar-refractivity contribution is 4.85. The fourth-order valence-corrected chi connectivity index (χ4v) is 3.16. The highest BCUT2D eigenvalue weighted by atomic mass is 16.5. The van der Waals surface area contributed by atoms with E-state index in [1.54, 1.807) is 0 Å². The van der Waals surface area contributed by atoms with Gasteiger partial charge in [0.2, 0.25) is 0 Å². The van der Waals surface area contributed by atoms with Gasteiger partial charge in [0.05, 0.1) is 17.8 Å². The van der Waals surface area contributed by atoms with Crippen molar-refractivity contribution in [2.45, 2.75) is 64.3 Å². The van der Waals surface area contributed by atoms with Gasteiger partial charge in [0, 0.05) is 19.6 Å². The van der Waals surface area contributed by atoms with Crippen LogP contribution in [0.4, 0.5) is 0 Å². The maximum atomic E-state index is 9.87. The number of nitrogens with zero attached hydrogens (tertiary/aromatic N) is 1. The summed E-state index contributed by atoms with van der Waals surface area (Å²) < 4.78 is 6.04. The van der Waals surface area contributed by atoms with Crippen LogP contribution in [0.25, 0.3) is 0 Å². The van der Waals surface area contributed by atoms with Crippen LogP contribution in [0.3, 0.4) is 0 Å². The molecule has 2 aliphatic heterocycles. The Morgan fingerprint density at radius 3 is 2.71 bits per heavy atom. The molecule has 3 nitrogen and oxygen atoms in total. The zero-order chi connectivity index (χ0) is 12.5. The molecular formula is C14H27NO2. The van der Waals surface area contributed by atoms with Crippen molar-refractivity contribution in [1.29, 1.82) is 0 Å². The fourth-order valence-electron chi connectivity index (χ4n) is 3.16. The zero-order valence-electron chi connectivity index (χ0n) is 11.5. The number of hydrogen-bond acceptors (Lipinski definition) is 3. The summed E-state index contributed by atoms with van der Waals surface area (Å²) in [5.74, 6) is 0.457. The van der Waals surface area contributed by atoms with Gasteiger partial charge in [-0.15, -0.1) is 0 Å². The second-order valence-electron chi connectivity index (χ2n) is 6.32. The van der Waals surface area contributed by atoms with Crippen LogP contribution < -0.4 is 0 Å². The summed E-state index contributed by atoms with van der Waals surface area (Å²) in [4.78, 5) is 2.48. The summed E-state index contributed by atoms with van der Waals surface area (Å²) in [5.41, 5.74) is 0.0735. The van der Waals surface area contributed by atoms with E-state index in [9.17, 15) is 5.11 Å². The van der Waals surface area contributed by atoms with Crippen molar-refractivity contribution in [2.24, 2.45) is 5.92 Å². The Bertz CT molecular complexity index is 255. The molecule has 3 unspecified atom stereocenters. The molecule has 0 aromatic rings. The standard InChI is InChI=1S/C14H27NO2/c1-4-11-9-15(8-6-13(11)16)10-12-5-7-14(2,3)17-12/h11-13,16H,4-10H2,1-3H3. The molecule has 3 heteroatoms. The number of likely N-dealkylation sites (tertiary alicyclic amines) is 1. The lowest BCUT2D eigenvalue weighted by Gasteiger charge is -2.37. The van der Waals surface area contributed by atoms with Crippen LogP contribution in [-0.2, 0) is 4.74 Å². The Balaban J connectivity index is 1.80. The summed E-state index contributed by atoms with van der Waals surface area (Å²) in [5, 5.41) is 9.87. The molecule has 2 aliphatic rings. The molecule has 3 atom stereocenters. The summed E-state index contributed by atoms with van der Waals surface area (Å²) in [7, 11) is 0. The quantitative estimate of drug-likeness (QED) is 0.820. The van der Waals surface area contributed by atoms with Crippen LogP contribution in [-0.4, -0.2) is 47.4 Å². The number of piperidine rings is 1. The lowest BCUT2D eigenvalue weighted by Crippen LogP contribution is -2.45. The molecule has 2 heterocycles. The third-order valence-corrected chi connectivity index (χ3v) is 4.32. The van der Waals surface area contributed by atoms with Crippen LogP contribution in [0.15, 0.2) is 0 Å². The molecule has 0 aromatic carbocycles. The van der Waals surface area contributed by atoms with Crippen molar-refractivity contribution in [2.75, 3.05) is 19.6 Å². The first-order valence-electron chi connectivity index (χ1n) is 7.08. The van der Waals surface area contributed by atoms with E-state index in [2.05, 4.69) is 25.7 Å². The van der Waals surface area contributed by atoms with Crippen molar-refractivity contribution in [3.63, 3.8) is 0 Å². The van der Waals surface area contributed by atoms with E-state index in [1.165, 1.54) is 12.8 Å². The van der Waals surface area contributed by atoms with Crippen molar-refractivity contribution >= 4 is 0 Å². The second kappa shape index (κ2) is 5.25. The minimum absolute atomic E-state index is 0.0735. The van der Waals surface area contributed by atoms with Gasteiger partial charge in [0.1, 0.15) is 0 Å². The predicted octanol–water partition coefficient (Wildman–Crippen LogP) is 2.04. The van der Waals surface area contributed by atoms with Gasteiger partial charge in [-0.25, -0.2) is 0 Å². The first-order valence-corrected chi connectivity index (χ1v) is 7.08. The Morgan fingerprint density at radius 1 is 1.35 bits per heavy atom. The Hall–Kier alpha value is -0.120. The number of aliphatic hydroxyl groups is 1. The van der Waals surface area contributed by atoms with Gasteiger partial charge in [-0.05, 0) is 45.4 Å². The van der Waals surface area contributed by atoms with Crippen molar-refractivity contribution < 1.29 is 9.84 Å². The van der Waals surface area contributed by atoms with Crippen molar-refractivity contribution in [3.8, 4) is 0 Å². The van der Waals surface area contributed by atoms with Crippen LogP contribution in [0.2, 0.25) is 0 Å². The van der Waals surface area contributed by atoms with Crippen LogP contribution >= 0.6 is 0 Å². The van der Waals surface area contributed by atoms with E-state index in [1.807, 2.05) is 0 Å². The van der Waals surface area contributed by atoms with Crippen LogP contribution in [0.5, 0.6) is 0 Å². The molecule has 0 radical (unpaired) electrons. The topological polar surface area (TPSA) is 32.7 Å². The highest BCUT2D eigenvalue weighted by Gasteiger charge is 2.34. The lowest BCUT2D eigenvalue weighted by molar-refractivity contribution is -0.0441. The zero-order valence-corrected chi connectivity index (χ0v) is 11.5. The van der Waals surface area contributed by atoms with E-state index in [-0.39, 0.29) is 11.7 Å². The number of hydrogen-bond donors (Lipinski definition) is 1. The Morgan fingerprint density at radius 2 is 2.12 bits per heavy atom. The molecule has 0 saturated carbocycles. The van der Waals surface area contributed by atoms with E-state index in [0.717, 1.165) is 32.5 Å². The van der Waals surface area contributed by atoms with Gasteiger partial charge in [-0.1, -0.05) is 6.92 Å². The third kappa shape index (κ3) is 3.43. The van der Waals surface area contributed by atoms with E-state index in [0.29, 0.717) is 12.0 Å². The first kappa shape index (κ1) is 13.3. The Kier molecular flexibility index (Phi) is 4.11.